The Morgan fingerprint density at radius 1 is 1.53 bits per heavy atom. The zero-order valence-corrected chi connectivity index (χ0v) is 10.4. The van der Waals surface area contributed by atoms with Gasteiger partial charge in [-0.05, 0) is 37.8 Å². The molecule has 1 fully saturated rings. The van der Waals surface area contributed by atoms with Crippen molar-refractivity contribution < 1.29 is 9.13 Å². The van der Waals surface area contributed by atoms with Gasteiger partial charge in [-0.25, -0.2) is 4.98 Å². The van der Waals surface area contributed by atoms with E-state index >= 15 is 0 Å². The van der Waals surface area contributed by atoms with Gasteiger partial charge in [-0.2, -0.15) is 4.39 Å². The fourth-order valence-corrected chi connectivity index (χ4v) is 2.11. The summed E-state index contributed by atoms with van der Waals surface area (Å²) in [5.41, 5.74) is 0. The van der Waals surface area contributed by atoms with Crippen molar-refractivity contribution in [2.24, 2.45) is 5.92 Å². The minimum atomic E-state index is -0.423. The lowest BCUT2D eigenvalue weighted by molar-refractivity contribution is 0.202. The maximum absolute atomic E-state index is 13.2. The first-order chi connectivity index (χ1) is 8.22. The Morgan fingerprint density at radius 2 is 2.29 bits per heavy atom. The van der Waals surface area contributed by atoms with Gasteiger partial charge in [0.2, 0.25) is 5.95 Å². The lowest BCUT2D eigenvalue weighted by atomic mass is 10.2. The summed E-state index contributed by atoms with van der Waals surface area (Å²) in [4.78, 5) is 6.10. The van der Waals surface area contributed by atoms with Crippen LogP contribution < -0.4 is 4.90 Å². The predicted octanol–water partition coefficient (Wildman–Crippen LogP) is 2.47. The van der Waals surface area contributed by atoms with E-state index in [1.54, 1.807) is 13.2 Å². The molecule has 0 aliphatic heterocycles. The molecular formula is C13H19FN2O. The second-order valence-corrected chi connectivity index (χ2v) is 4.58. The maximum Gasteiger partial charge on any atom is 0.214 e. The third kappa shape index (κ3) is 3.16. The second kappa shape index (κ2) is 5.45. The van der Waals surface area contributed by atoms with Gasteiger partial charge in [0.15, 0.2) is 0 Å². The highest BCUT2D eigenvalue weighted by molar-refractivity contribution is 5.39. The number of hydrogen-bond acceptors (Lipinski definition) is 3. The van der Waals surface area contributed by atoms with E-state index in [9.17, 15) is 4.39 Å². The van der Waals surface area contributed by atoms with Crippen LogP contribution in [0.3, 0.4) is 0 Å². The number of anilines is 1. The van der Waals surface area contributed by atoms with Crippen LogP contribution in [0.4, 0.5) is 10.2 Å². The fourth-order valence-electron chi connectivity index (χ4n) is 2.11. The van der Waals surface area contributed by atoms with E-state index in [1.807, 2.05) is 6.07 Å². The maximum atomic E-state index is 13.2. The molecule has 1 heterocycles. The van der Waals surface area contributed by atoms with Gasteiger partial charge >= 0.3 is 0 Å². The van der Waals surface area contributed by atoms with E-state index in [0.29, 0.717) is 18.5 Å². The first-order valence-corrected chi connectivity index (χ1v) is 6.10. The number of nitrogens with zero attached hydrogens (tertiary/aromatic N) is 2. The van der Waals surface area contributed by atoms with E-state index in [1.165, 1.54) is 18.9 Å². The van der Waals surface area contributed by atoms with E-state index in [0.717, 1.165) is 12.5 Å². The van der Waals surface area contributed by atoms with Gasteiger partial charge in [-0.1, -0.05) is 6.07 Å². The van der Waals surface area contributed by atoms with Crippen LogP contribution in [-0.2, 0) is 4.74 Å². The van der Waals surface area contributed by atoms with Gasteiger partial charge in [0.1, 0.15) is 5.82 Å². The molecule has 94 valence electrons. The van der Waals surface area contributed by atoms with E-state index < -0.39 is 5.95 Å². The third-order valence-electron chi connectivity index (χ3n) is 3.33. The van der Waals surface area contributed by atoms with Crippen molar-refractivity contribution in [3.8, 4) is 0 Å². The Balaban J connectivity index is 2.13. The van der Waals surface area contributed by atoms with Gasteiger partial charge in [0, 0.05) is 19.7 Å². The van der Waals surface area contributed by atoms with Crippen molar-refractivity contribution >= 4 is 5.82 Å². The number of methoxy groups -OCH3 is 1. The highest BCUT2D eigenvalue weighted by atomic mass is 19.1. The molecule has 17 heavy (non-hydrogen) atoms. The summed E-state index contributed by atoms with van der Waals surface area (Å²) in [7, 11) is 1.68. The standard InChI is InChI=1S/C13H19FN2O/c1-10(11-6-7-11)16(8-9-17-2)13-5-3-4-12(14)15-13/h3-5,10-11H,6-9H2,1-2H3. The van der Waals surface area contributed by atoms with Crippen LogP contribution in [0.2, 0.25) is 0 Å². The van der Waals surface area contributed by atoms with Crippen LogP contribution in [0.5, 0.6) is 0 Å². The van der Waals surface area contributed by atoms with Crippen LogP contribution in [0.25, 0.3) is 0 Å². The molecule has 1 saturated carbocycles. The number of ether oxygens (including phenoxy) is 1. The molecule has 1 aliphatic carbocycles. The molecule has 0 spiro atoms. The molecule has 0 amide bonds. The molecule has 0 saturated heterocycles. The van der Waals surface area contributed by atoms with E-state index in [4.69, 9.17) is 4.74 Å². The molecule has 1 atom stereocenters. The lowest BCUT2D eigenvalue weighted by Crippen LogP contribution is -2.38. The van der Waals surface area contributed by atoms with Gasteiger partial charge in [-0.3, -0.25) is 0 Å². The highest BCUT2D eigenvalue weighted by Crippen LogP contribution is 2.36. The Kier molecular flexibility index (Phi) is 3.94. The largest absolute Gasteiger partial charge is 0.383 e. The summed E-state index contributed by atoms with van der Waals surface area (Å²) in [6.45, 7) is 3.57. The lowest BCUT2D eigenvalue weighted by Gasteiger charge is -2.30. The van der Waals surface area contributed by atoms with Crippen LogP contribution in [0.1, 0.15) is 19.8 Å². The topological polar surface area (TPSA) is 25.4 Å². The van der Waals surface area contributed by atoms with Crippen molar-refractivity contribution in [2.45, 2.75) is 25.8 Å². The highest BCUT2D eigenvalue weighted by Gasteiger charge is 2.32. The zero-order chi connectivity index (χ0) is 12.3. The number of halogens is 1. The van der Waals surface area contributed by atoms with Gasteiger partial charge < -0.3 is 9.64 Å². The quantitative estimate of drug-likeness (QED) is 0.712. The molecule has 1 aromatic rings. The van der Waals surface area contributed by atoms with Crippen molar-refractivity contribution in [3.63, 3.8) is 0 Å². The van der Waals surface area contributed by atoms with Crippen molar-refractivity contribution in [1.29, 1.82) is 0 Å². The summed E-state index contributed by atoms with van der Waals surface area (Å²) in [6, 6.07) is 5.34. The van der Waals surface area contributed by atoms with E-state index in [-0.39, 0.29) is 0 Å². The average molecular weight is 238 g/mol. The summed E-state index contributed by atoms with van der Waals surface area (Å²) in [5, 5.41) is 0. The average Bonchev–Trinajstić information content (AvgIpc) is 3.13. The predicted molar refractivity (Wildman–Crippen MR) is 65.6 cm³/mol. The molecule has 1 aromatic heterocycles. The van der Waals surface area contributed by atoms with E-state index in [2.05, 4.69) is 16.8 Å². The molecule has 0 radical (unpaired) electrons. The van der Waals surface area contributed by atoms with Crippen molar-refractivity contribution in [1.82, 2.24) is 4.98 Å². The molecule has 1 unspecified atom stereocenters. The molecule has 4 heteroatoms. The minimum Gasteiger partial charge on any atom is -0.383 e. The molecule has 0 aromatic carbocycles. The Hall–Kier alpha value is -1.16. The first kappa shape index (κ1) is 12.3. The molecule has 1 aliphatic rings. The van der Waals surface area contributed by atoms with Crippen molar-refractivity contribution in [2.75, 3.05) is 25.2 Å². The van der Waals surface area contributed by atoms with Gasteiger partial charge in [-0.15, -0.1) is 0 Å². The third-order valence-corrected chi connectivity index (χ3v) is 3.33. The van der Waals surface area contributed by atoms with Crippen molar-refractivity contribution in [3.05, 3.63) is 24.1 Å². The number of rotatable bonds is 6. The molecule has 0 bridgehead atoms. The van der Waals surface area contributed by atoms with Crippen LogP contribution >= 0.6 is 0 Å². The summed E-state index contributed by atoms with van der Waals surface area (Å²) in [5.74, 6) is 1.01. The Morgan fingerprint density at radius 3 is 2.88 bits per heavy atom. The second-order valence-electron chi connectivity index (χ2n) is 4.58. The van der Waals surface area contributed by atoms with Crippen LogP contribution in [0.15, 0.2) is 18.2 Å². The van der Waals surface area contributed by atoms with Gasteiger partial charge in [0.05, 0.1) is 6.61 Å². The number of pyridine rings is 1. The molecule has 0 N–H and O–H groups in total. The first-order valence-electron chi connectivity index (χ1n) is 6.10. The Bertz CT molecular complexity index is 368. The monoisotopic (exact) mass is 238 g/mol. The van der Waals surface area contributed by atoms with Gasteiger partial charge in [0.25, 0.3) is 0 Å². The zero-order valence-electron chi connectivity index (χ0n) is 10.4. The van der Waals surface area contributed by atoms with Crippen LogP contribution in [0, 0.1) is 11.9 Å². The summed E-state index contributed by atoms with van der Waals surface area (Å²) >= 11 is 0. The normalized spacial score (nSPS) is 16.9. The molecular weight excluding hydrogens is 219 g/mol. The Labute approximate surface area is 102 Å². The smallest absolute Gasteiger partial charge is 0.214 e. The summed E-state index contributed by atoms with van der Waals surface area (Å²) in [6.07, 6.45) is 2.53. The minimum absolute atomic E-state index is 0.402. The van der Waals surface area contributed by atoms with Crippen LogP contribution in [-0.4, -0.2) is 31.3 Å². The number of aromatic nitrogens is 1. The fraction of sp³-hybridized carbons (Fsp3) is 0.615. The number of hydrogen-bond donors (Lipinski definition) is 0. The SMILES string of the molecule is COCCN(c1cccc(F)n1)C(C)C1CC1. The summed E-state index contributed by atoms with van der Waals surface area (Å²) < 4.78 is 18.3. The molecule has 3 nitrogen and oxygen atoms in total. The molecule has 2 rings (SSSR count).